The van der Waals surface area contributed by atoms with Crippen molar-refractivity contribution in [2.75, 3.05) is 24.5 Å². The predicted octanol–water partition coefficient (Wildman–Crippen LogP) is 3.10. The number of hydrogen-bond donors (Lipinski definition) is 2. The minimum atomic E-state index is 0.310. The molecule has 3 heterocycles. The zero-order valence-corrected chi connectivity index (χ0v) is 16.9. The van der Waals surface area contributed by atoms with Crippen LogP contribution in [0.3, 0.4) is 0 Å². The maximum absolute atomic E-state index is 6.30. The molecule has 1 aromatic heterocycles. The number of halogens is 1. The molecular weight excluding hydrogens is 374 g/mol. The highest BCUT2D eigenvalue weighted by Gasteiger charge is 2.25. The van der Waals surface area contributed by atoms with E-state index in [1.165, 1.54) is 16.7 Å². The second-order valence-corrected chi connectivity index (χ2v) is 7.58. The monoisotopic (exact) mass is 399 g/mol. The van der Waals surface area contributed by atoms with Crippen molar-refractivity contribution in [2.24, 2.45) is 4.99 Å². The Labute approximate surface area is 171 Å². The number of anilines is 1. The summed E-state index contributed by atoms with van der Waals surface area (Å²) in [6.07, 6.45) is 2.81. The fourth-order valence-electron chi connectivity index (χ4n) is 3.69. The first-order chi connectivity index (χ1) is 13.7. The van der Waals surface area contributed by atoms with Gasteiger partial charge in [0.15, 0.2) is 5.96 Å². The van der Waals surface area contributed by atoms with Gasteiger partial charge in [0.05, 0.1) is 24.8 Å². The van der Waals surface area contributed by atoms with Crippen LogP contribution < -0.4 is 15.5 Å². The van der Waals surface area contributed by atoms with Gasteiger partial charge >= 0.3 is 0 Å². The van der Waals surface area contributed by atoms with Crippen LogP contribution in [0.2, 0.25) is 5.02 Å². The molecule has 0 saturated carbocycles. The molecule has 2 aromatic rings. The maximum atomic E-state index is 6.30. The van der Waals surface area contributed by atoms with Gasteiger partial charge in [-0.1, -0.05) is 29.8 Å². The number of rotatable bonds is 5. The highest BCUT2D eigenvalue weighted by Crippen LogP contribution is 2.26. The van der Waals surface area contributed by atoms with E-state index in [1.54, 1.807) is 6.20 Å². The number of hydrogen-bond acceptors (Lipinski definition) is 4. The van der Waals surface area contributed by atoms with Crippen LogP contribution in [-0.2, 0) is 24.5 Å². The molecule has 0 radical (unpaired) electrons. The van der Waals surface area contributed by atoms with Gasteiger partial charge in [0.25, 0.3) is 0 Å². The maximum Gasteiger partial charge on any atom is 0.191 e. The Balaban J connectivity index is 1.38. The largest absolute Gasteiger partial charge is 0.372 e. The van der Waals surface area contributed by atoms with Gasteiger partial charge in [0.2, 0.25) is 0 Å². The number of aromatic nitrogens is 1. The lowest BCUT2D eigenvalue weighted by Gasteiger charge is -2.20. The van der Waals surface area contributed by atoms with E-state index in [0.29, 0.717) is 24.2 Å². The van der Waals surface area contributed by atoms with Crippen LogP contribution in [0.5, 0.6) is 0 Å². The number of guanidine groups is 1. The van der Waals surface area contributed by atoms with Crippen molar-refractivity contribution in [3.8, 4) is 0 Å². The molecule has 6 nitrogen and oxygen atoms in total. The van der Waals surface area contributed by atoms with Gasteiger partial charge in [-0.2, -0.15) is 0 Å². The molecule has 1 saturated heterocycles. The highest BCUT2D eigenvalue weighted by atomic mass is 35.5. The molecule has 1 aromatic carbocycles. The van der Waals surface area contributed by atoms with Crippen LogP contribution in [0.4, 0.5) is 5.82 Å². The fraction of sp³-hybridized carbons (Fsp3) is 0.429. The second kappa shape index (κ2) is 8.80. The number of aliphatic imine (C=N–C) groups is 1. The van der Waals surface area contributed by atoms with Gasteiger partial charge < -0.3 is 20.3 Å². The molecule has 148 valence electrons. The minimum absolute atomic E-state index is 0.310. The van der Waals surface area contributed by atoms with Crippen molar-refractivity contribution >= 4 is 23.4 Å². The van der Waals surface area contributed by atoms with Crippen molar-refractivity contribution in [3.63, 3.8) is 0 Å². The molecule has 2 aliphatic heterocycles. The number of pyridine rings is 1. The van der Waals surface area contributed by atoms with Gasteiger partial charge in [0.1, 0.15) is 5.82 Å². The third kappa shape index (κ3) is 4.39. The number of benzene rings is 1. The van der Waals surface area contributed by atoms with Crippen molar-refractivity contribution in [1.29, 1.82) is 0 Å². The third-order valence-electron chi connectivity index (χ3n) is 5.12. The lowest BCUT2D eigenvalue weighted by atomic mass is 10.1. The van der Waals surface area contributed by atoms with Gasteiger partial charge in [-0.05, 0) is 42.2 Å². The molecule has 1 fully saturated rings. The Morgan fingerprint density at radius 3 is 3.07 bits per heavy atom. The second-order valence-electron chi connectivity index (χ2n) is 7.18. The molecule has 1 unspecified atom stereocenters. The van der Waals surface area contributed by atoms with Crippen LogP contribution in [0, 0.1) is 0 Å². The molecule has 0 aliphatic carbocycles. The average molecular weight is 400 g/mol. The molecule has 0 amide bonds. The Bertz CT molecular complexity index is 856. The summed E-state index contributed by atoms with van der Waals surface area (Å²) in [5.41, 5.74) is 3.77. The molecule has 28 heavy (non-hydrogen) atoms. The smallest absolute Gasteiger partial charge is 0.191 e. The van der Waals surface area contributed by atoms with E-state index in [0.717, 1.165) is 44.4 Å². The van der Waals surface area contributed by atoms with E-state index in [-0.39, 0.29) is 0 Å². The van der Waals surface area contributed by atoms with Gasteiger partial charge in [-0.15, -0.1) is 0 Å². The van der Waals surface area contributed by atoms with Crippen molar-refractivity contribution in [1.82, 2.24) is 15.6 Å². The number of nitrogens with zero attached hydrogens (tertiary/aromatic N) is 3. The van der Waals surface area contributed by atoms with Crippen molar-refractivity contribution < 1.29 is 4.74 Å². The van der Waals surface area contributed by atoms with Gasteiger partial charge in [-0.25, -0.2) is 9.98 Å². The summed E-state index contributed by atoms with van der Waals surface area (Å²) in [5.74, 6) is 1.70. The predicted molar refractivity (Wildman–Crippen MR) is 113 cm³/mol. The zero-order chi connectivity index (χ0) is 19.3. The molecule has 7 heteroatoms. The van der Waals surface area contributed by atoms with E-state index in [1.807, 2.05) is 12.1 Å². The summed E-state index contributed by atoms with van der Waals surface area (Å²) < 4.78 is 5.50. The Kier molecular flexibility index (Phi) is 5.98. The molecule has 0 spiro atoms. The summed E-state index contributed by atoms with van der Waals surface area (Å²) in [4.78, 5) is 11.4. The SMILES string of the molecule is CCNC(=NCc1ccc2c(c1)COC2)NC1CCN(c2ncccc2Cl)C1. The Hall–Kier alpha value is -2.31. The molecule has 0 bridgehead atoms. The number of nitrogens with one attached hydrogen (secondary N) is 2. The van der Waals surface area contributed by atoms with Gasteiger partial charge in [-0.3, -0.25) is 0 Å². The third-order valence-corrected chi connectivity index (χ3v) is 5.41. The molecular formula is C21H26ClN5O. The summed E-state index contributed by atoms with van der Waals surface area (Å²) >= 11 is 6.30. The molecule has 2 N–H and O–H groups in total. The van der Waals surface area contributed by atoms with Crippen LogP contribution >= 0.6 is 11.6 Å². The highest BCUT2D eigenvalue weighted by molar-refractivity contribution is 6.32. The molecule has 4 rings (SSSR count). The Morgan fingerprint density at radius 1 is 1.32 bits per heavy atom. The number of ether oxygens (including phenoxy) is 1. The summed E-state index contributed by atoms with van der Waals surface area (Å²) in [5, 5.41) is 7.61. The van der Waals surface area contributed by atoms with Crippen LogP contribution in [0.25, 0.3) is 0 Å². The number of fused-ring (bicyclic) bond motifs is 1. The van der Waals surface area contributed by atoms with Crippen LogP contribution in [0.1, 0.15) is 30.0 Å². The topological polar surface area (TPSA) is 61.8 Å². The molecule has 2 aliphatic rings. The van der Waals surface area contributed by atoms with E-state index in [2.05, 4.69) is 45.6 Å². The first kappa shape index (κ1) is 19.0. The van der Waals surface area contributed by atoms with Crippen LogP contribution in [-0.4, -0.2) is 36.6 Å². The van der Waals surface area contributed by atoms with E-state index >= 15 is 0 Å². The lowest BCUT2D eigenvalue weighted by Crippen LogP contribution is -2.44. The zero-order valence-electron chi connectivity index (χ0n) is 16.1. The quantitative estimate of drug-likeness (QED) is 0.597. The Morgan fingerprint density at radius 2 is 2.21 bits per heavy atom. The summed E-state index contributed by atoms with van der Waals surface area (Å²) in [7, 11) is 0. The first-order valence-corrected chi connectivity index (χ1v) is 10.2. The van der Waals surface area contributed by atoms with Crippen molar-refractivity contribution in [2.45, 2.75) is 39.1 Å². The molecule has 1 atom stereocenters. The fourth-order valence-corrected chi connectivity index (χ4v) is 3.93. The van der Waals surface area contributed by atoms with Crippen LogP contribution in [0.15, 0.2) is 41.5 Å². The van der Waals surface area contributed by atoms with E-state index in [9.17, 15) is 0 Å². The van der Waals surface area contributed by atoms with Gasteiger partial charge in [0, 0.05) is 31.9 Å². The first-order valence-electron chi connectivity index (χ1n) is 9.81. The standard InChI is InChI=1S/C21H26ClN5O/c1-2-23-21(25-11-15-5-6-16-13-28-14-17(16)10-15)26-18-7-9-27(12-18)20-19(22)4-3-8-24-20/h3-6,8,10,18H,2,7,9,11-14H2,1H3,(H2,23,25,26). The normalized spacial score (nSPS) is 19.0. The minimum Gasteiger partial charge on any atom is -0.372 e. The average Bonchev–Trinajstić information content (AvgIpc) is 3.35. The summed E-state index contributed by atoms with van der Waals surface area (Å²) in [6.45, 7) is 6.77. The summed E-state index contributed by atoms with van der Waals surface area (Å²) in [6, 6.07) is 10.6. The lowest BCUT2D eigenvalue weighted by molar-refractivity contribution is 0.134. The van der Waals surface area contributed by atoms with E-state index in [4.69, 9.17) is 21.3 Å². The van der Waals surface area contributed by atoms with E-state index < -0.39 is 0 Å². The van der Waals surface area contributed by atoms with Crippen molar-refractivity contribution in [3.05, 3.63) is 58.2 Å².